The molecular weight excluding hydrogens is 474 g/mol. The summed E-state index contributed by atoms with van der Waals surface area (Å²) in [5.41, 5.74) is 11.3. The first-order valence-electron chi connectivity index (χ1n) is 11.4. The van der Waals surface area contributed by atoms with Crippen LogP contribution < -0.4 is 27.4 Å². The normalized spacial score (nSPS) is 15.9. The monoisotopic (exact) mass is 509 g/mol. The van der Waals surface area contributed by atoms with Gasteiger partial charge in [0.1, 0.15) is 29.9 Å². The molecule has 13 heteroatoms. The molecule has 0 fully saturated rings. The number of carboxylic acid groups (broad SMARTS) is 1. The number of carbonyl (C=O) groups is 5. The van der Waals surface area contributed by atoms with Crippen LogP contribution in [0.4, 0.5) is 0 Å². The van der Waals surface area contributed by atoms with Gasteiger partial charge in [-0.25, -0.2) is 4.79 Å². The topological polar surface area (TPSA) is 234 Å². The van der Waals surface area contributed by atoms with Gasteiger partial charge >= 0.3 is 5.97 Å². The van der Waals surface area contributed by atoms with Crippen molar-refractivity contribution < 1.29 is 39.3 Å². The number of carbonyl (C=O) groups excluding carboxylic acids is 4. The lowest BCUT2D eigenvalue weighted by molar-refractivity contribution is -0.144. The fraction of sp³-hybridized carbons (Fsp3) is 0.522. The Bertz CT molecular complexity index is 937. The Morgan fingerprint density at radius 3 is 1.92 bits per heavy atom. The zero-order valence-electron chi connectivity index (χ0n) is 20.4. The molecule has 0 spiro atoms. The van der Waals surface area contributed by atoms with E-state index in [4.69, 9.17) is 11.5 Å². The number of aliphatic hydroxyl groups is 1. The SMILES string of the molecule is CCC(C)C(NC(=O)C(Cc1ccc(O)cc1)NC(=O)C(CC(N)=O)NC(=O)C(N)C(C)O)C(=O)O. The van der Waals surface area contributed by atoms with Crippen LogP contribution in [0.15, 0.2) is 24.3 Å². The molecule has 1 rings (SSSR count). The van der Waals surface area contributed by atoms with E-state index < -0.39 is 72.2 Å². The lowest BCUT2D eigenvalue weighted by atomic mass is 9.98. The van der Waals surface area contributed by atoms with E-state index in [0.29, 0.717) is 12.0 Å². The quantitative estimate of drug-likeness (QED) is 0.140. The van der Waals surface area contributed by atoms with Crippen molar-refractivity contribution in [3.63, 3.8) is 0 Å². The maximum atomic E-state index is 13.1. The molecule has 0 heterocycles. The summed E-state index contributed by atoms with van der Waals surface area (Å²) in [5.74, 6) is -5.30. The lowest BCUT2D eigenvalue weighted by Gasteiger charge is -2.26. The molecule has 200 valence electrons. The Kier molecular flexibility index (Phi) is 11.8. The standard InChI is InChI=1S/C23H35N5O8/c1-4-11(2)19(23(35)36)28-21(33)15(9-13-5-7-14(30)8-6-13)26-20(32)16(10-17(24)31)27-22(34)18(25)12(3)29/h5-8,11-12,15-16,18-19,29-30H,4,9-10,25H2,1-3H3,(H2,24,31)(H,26,32)(H,27,34)(H,28,33)(H,35,36). The van der Waals surface area contributed by atoms with Crippen molar-refractivity contribution in [1.29, 1.82) is 0 Å². The zero-order valence-corrected chi connectivity index (χ0v) is 20.4. The molecule has 0 aromatic heterocycles. The number of aromatic hydroxyl groups is 1. The number of phenols is 1. The predicted molar refractivity (Wildman–Crippen MR) is 128 cm³/mol. The van der Waals surface area contributed by atoms with E-state index in [0.717, 1.165) is 0 Å². The largest absolute Gasteiger partial charge is 0.508 e. The summed E-state index contributed by atoms with van der Waals surface area (Å²) in [6.07, 6.45) is -1.51. The molecular formula is C23H35N5O8. The van der Waals surface area contributed by atoms with Gasteiger partial charge in [0, 0.05) is 6.42 Å². The first-order valence-corrected chi connectivity index (χ1v) is 11.4. The van der Waals surface area contributed by atoms with E-state index in [1.807, 2.05) is 0 Å². The lowest BCUT2D eigenvalue weighted by Crippen LogP contribution is -2.59. The number of aliphatic hydroxyl groups excluding tert-OH is 1. The van der Waals surface area contributed by atoms with Crippen LogP contribution in [0.5, 0.6) is 5.75 Å². The molecule has 0 radical (unpaired) electrons. The van der Waals surface area contributed by atoms with E-state index in [9.17, 15) is 39.3 Å². The molecule has 36 heavy (non-hydrogen) atoms. The number of benzene rings is 1. The summed E-state index contributed by atoms with van der Waals surface area (Å²) in [6, 6.07) is 0.316. The number of carboxylic acids is 1. The number of hydrogen-bond donors (Lipinski definition) is 8. The first-order chi connectivity index (χ1) is 16.8. The third-order valence-electron chi connectivity index (χ3n) is 5.65. The Morgan fingerprint density at radius 2 is 1.44 bits per heavy atom. The first kappa shape index (κ1) is 30.3. The summed E-state index contributed by atoms with van der Waals surface area (Å²) in [7, 11) is 0. The minimum absolute atomic E-state index is 0.0230. The fourth-order valence-electron chi connectivity index (χ4n) is 3.18. The van der Waals surface area contributed by atoms with Gasteiger partial charge < -0.3 is 42.7 Å². The van der Waals surface area contributed by atoms with Gasteiger partial charge in [0.2, 0.25) is 23.6 Å². The number of phenolic OH excluding ortho intramolecular Hbond substituents is 1. The van der Waals surface area contributed by atoms with Crippen LogP contribution in [0.2, 0.25) is 0 Å². The molecule has 0 aliphatic carbocycles. The van der Waals surface area contributed by atoms with Crippen LogP contribution in [0, 0.1) is 5.92 Å². The molecule has 1 aromatic rings. The molecule has 4 amide bonds. The van der Waals surface area contributed by atoms with Gasteiger partial charge in [-0.05, 0) is 30.5 Å². The fourth-order valence-corrected chi connectivity index (χ4v) is 3.18. The Balaban J connectivity index is 3.21. The van der Waals surface area contributed by atoms with Gasteiger partial charge in [0.15, 0.2) is 0 Å². The van der Waals surface area contributed by atoms with Crippen molar-refractivity contribution >= 4 is 29.6 Å². The van der Waals surface area contributed by atoms with Gasteiger partial charge in [0.05, 0.1) is 12.5 Å². The van der Waals surface area contributed by atoms with Crippen LogP contribution in [-0.4, -0.2) is 75.2 Å². The van der Waals surface area contributed by atoms with E-state index in [1.165, 1.54) is 31.2 Å². The minimum Gasteiger partial charge on any atom is -0.508 e. The molecule has 0 saturated carbocycles. The summed E-state index contributed by atoms with van der Waals surface area (Å²) in [6.45, 7) is 4.68. The molecule has 0 saturated heterocycles. The summed E-state index contributed by atoms with van der Waals surface area (Å²) in [4.78, 5) is 61.5. The second kappa shape index (κ2) is 14.0. The average Bonchev–Trinajstić information content (AvgIpc) is 2.81. The molecule has 6 unspecified atom stereocenters. The maximum Gasteiger partial charge on any atom is 0.326 e. The summed E-state index contributed by atoms with van der Waals surface area (Å²) in [5, 5.41) is 35.7. The Labute approximate surface area is 208 Å². The van der Waals surface area contributed by atoms with Gasteiger partial charge in [-0.3, -0.25) is 19.2 Å². The second-order valence-electron chi connectivity index (χ2n) is 8.64. The van der Waals surface area contributed by atoms with Crippen molar-refractivity contribution in [3.05, 3.63) is 29.8 Å². The van der Waals surface area contributed by atoms with Crippen LogP contribution in [0.3, 0.4) is 0 Å². The highest BCUT2D eigenvalue weighted by Crippen LogP contribution is 2.13. The zero-order chi connectivity index (χ0) is 27.6. The Morgan fingerprint density at radius 1 is 0.917 bits per heavy atom. The van der Waals surface area contributed by atoms with Gasteiger partial charge in [-0.2, -0.15) is 0 Å². The predicted octanol–water partition coefficient (Wildman–Crippen LogP) is -1.90. The third kappa shape index (κ3) is 9.50. The second-order valence-corrected chi connectivity index (χ2v) is 8.64. The molecule has 13 nitrogen and oxygen atoms in total. The third-order valence-corrected chi connectivity index (χ3v) is 5.65. The highest BCUT2D eigenvalue weighted by atomic mass is 16.4. The van der Waals surface area contributed by atoms with Crippen molar-refractivity contribution in [2.24, 2.45) is 17.4 Å². The number of amides is 4. The van der Waals surface area contributed by atoms with Crippen LogP contribution in [0.25, 0.3) is 0 Å². The number of aliphatic carboxylic acids is 1. The molecule has 10 N–H and O–H groups in total. The van der Waals surface area contributed by atoms with E-state index >= 15 is 0 Å². The van der Waals surface area contributed by atoms with Crippen LogP contribution in [-0.2, 0) is 30.4 Å². The van der Waals surface area contributed by atoms with Crippen molar-refractivity contribution in [2.75, 3.05) is 0 Å². The average molecular weight is 510 g/mol. The van der Waals surface area contributed by atoms with Crippen molar-refractivity contribution in [3.8, 4) is 5.75 Å². The highest BCUT2D eigenvalue weighted by molar-refractivity contribution is 5.96. The Hall–Kier alpha value is -3.71. The number of rotatable bonds is 14. The molecule has 0 aliphatic heterocycles. The smallest absolute Gasteiger partial charge is 0.326 e. The number of hydrogen-bond acceptors (Lipinski definition) is 8. The van der Waals surface area contributed by atoms with E-state index in [-0.39, 0.29) is 12.2 Å². The van der Waals surface area contributed by atoms with Gasteiger partial charge in [0.25, 0.3) is 0 Å². The van der Waals surface area contributed by atoms with Crippen molar-refractivity contribution in [1.82, 2.24) is 16.0 Å². The van der Waals surface area contributed by atoms with E-state index in [1.54, 1.807) is 13.8 Å². The summed E-state index contributed by atoms with van der Waals surface area (Å²) < 4.78 is 0. The van der Waals surface area contributed by atoms with Crippen LogP contribution >= 0.6 is 0 Å². The van der Waals surface area contributed by atoms with Gasteiger partial charge in [-0.1, -0.05) is 32.4 Å². The van der Waals surface area contributed by atoms with E-state index in [2.05, 4.69) is 16.0 Å². The summed E-state index contributed by atoms with van der Waals surface area (Å²) >= 11 is 0. The molecule has 0 bridgehead atoms. The molecule has 6 atom stereocenters. The number of primary amides is 1. The van der Waals surface area contributed by atoms with Crippen LogP contribution in [0.1, 0.15) is 39.2 Å². The molecule has 0 aliphatic rings. The number of nitrogens with two attached hydrogens (primary N) is 2. The van der Waals surface area contributed by atoms with Crippen molar-refractivity contribution in [2.45, 2.75) is 70.3 Å². The highest BCUT2D eigenvalue weighted by Gasteiger charge is 2.33. The number of nitrogens with one attached hydrogen (secondary N) is 3. The maximum absolute atomic E-state index is 13.1. The molecule has 1 aromatic carbocycles. The minimum atomic E-state index is -1.51. The van der Waals surface area contributed by atoms with Gasteiger partial charge in [-0.15, -0.1) is 0 Å².